The minimum atomic E-state index is -4.88. The van der Waals surface area contributed by atoms with Crippen LogP contribution in [0.25, 0.3) is 33.4 Å². The van der Waals surface area contributed by atoms with E-state index in [9.17, 15) is 21.4 Å². The average molecular weight is 730 g/mol. The lowest BCUT2D eigenvalue weighted by atomic mass is 9.93. The first-order chi connectivity index (χ1) is 23.4. The molecular weight excluding hydrogens is 693 g/mol. The number of nitrogens with one attached hydrogen (secondary N) is 1. The Kier molecular flexibility index (Phi) is 10.9. The summed E-state index contributed by atoms with van der Waals surface area (Å²) in [6, 6.07) is 19.7. The van der Waals surface area contributed by atoms with Crippen LogP contribution in [0.3, 0.4) is 0 Å². The third kappa shape index (κ3) is 7.40. The Morgan fingerprint density at radius 3 is 2.29 bits per heavy atom. The highest BCUT2D eigenvalue weighted by Gasteiger charge is 2.26. The Balaban J connectivity index is 1.76. The van der Waals surface area contributed by atoms with E-state index in [1.54, 1.807) is 6.07 Å². The fourth-order valence-corrected chi connectivity index (χ4v) is 8.39. The number of fused-ring (bicyclic) bond motifs is 2. The van der Waals surface area contributed by atoms with Gasteiger partial charge in [-0.1, -0.05) is 17.2 Å². The number of nitrogens with two attached hydrogens (primary N) is 1. The van der Waals surface area contributed by atoms with Gasteiger partial charge in [0.1, 0.15) is 29.3 Å². The van der Waals surface area contributed by atoms with Crippen molar-refractivity contribution in [3.63, 3.8) is 0 Å². The van der Waals surface area contributed by atoms with Crippen molar-refractivity contribution in [1.82, 2.24) is 4.58 Å². The molecule has 0 saturated heterocycles. The van der Waals surface area contributed by atoms with E-state index in [0.29, 0.717) is 34.5 Å². The summed E-state index contributed by atoms with van der Waals surface area (Å²) in [6.45, 7) is 11.4. The fourth-order valence-electron chi connectivity index (χ4n) is 5.85. The number of nitrogens with zero attached hydrogens (tertiary/aromatic N) is 2. The lowest BCUT2D eigenvalue weighted by Gasteiger charge is -2.23. The Hall–Kier alpha value is -4.16. The van der Waals surface area contributed by atoms with E-state index in [-0.39, 0.29) is 15.5 Å². The molecule has 5 N–H and O–H groups in total. The van der Waals surface area contributed by atoms with E-state index in [1.165, 1.54) is 24.3 Å². The van der Waals surface area contributed by atoms with E-state index < -0.39 is 30.7 Å². The van der Waals surface area contributed by atoms with Crippen molar-refractivity contribution < 1.29 is 40.4 Å². The maximum Gasteiger partial charge on any atom is 0.298 e. The largest absolute Gasteiger partial charge is 0.456 e. The van der Waals surface area contributed by atoms with Crippen LogP contribution in [0.2, 0.25) is 0 Å². The molecule has 260 valence electrons. The van der Waals surface area contributed by atoms with Gasteiger partial charge in [-0.3, -0.25) is 9.27 Å². The molecule has 0 amide bonds. The number of rotatable bonds is 13. The van der Waals surface area contributed by atoms with Crippen LogP contribution < -0.4 is 25.3 Å². The van der Waals surface area contributed by atoms with Crippen molar-refractivity contribution in [3.05, 3.63) is 78.2 Å². The number of hydrogen-bond acceptors (Lipinski definition) is 11. The van der Waals surface area contributed by atoms with Gasteiger partial charge in [-0.15, -0.1) is 4.33 Å². The Bertz CT molecular complexity index is 2260. The zero-order valence-corrected chi connectivity index (χ0v) is 29.7. The fraction of sp³-hybridized carbons (Fsp3) is 0.242. The summed E-state index contributed by atoms with van der Waals surface area (Å²) in [5, 5.41) is 14.7. The van der Waals surface area contributed by atoms with Crippen molar-refractivity contribution in [2.24, 2.45) is 0 Å². The molecule has 0 fully saturated rings. The molecule has 0 spiro atoms. The third-order valence-corrected chi connectivity index (χ3v) is 11.2. The molecule has 3 aromatic rings. The van der Waals surface area contributed by atoms with Gasteiger partial charge in [0.15, 0.2) is 0 Å². The standard InChI is InChI=1S/C33H36N4O9S3/c1-5-36(6-2)21-12-15-24-29(18-21)44-30-19-22(37(7-3)8-4)13-16-25(30)32(24)26-17-14-23(20-31(26)47-46-45-38)48(39,40)35-28-11-9-10-27(34)33(28)49(41,42)43/h9-20,35H,5-8,34H2,1-4H3,(H-,38,41,42,43)/p+1. The van der Waals surface area contributed by atoms with Crippen LogP contribution in [0, 0.1) is 0 Å². The topological polar surface area (TPSA) is 185 Å². The molecule has 0 saturated carbocycles. The highest BCUT2D eigenvalue weighted by molar-refractivity contribution is 7.95. The predicted octanol–water partition coefficient (Wildman–Crippen LogP) is 5.92. The van der Waals surface area contributed by atoms with Crippen LogP contribution in [-0.2, 0) is 29.5 Å². The van der Waals surface area contributed by atoms with Gasteiger partial charge in [-0.25, -0.2) is 18.3 Å². The van der Waals surface area contributed by atoms with Crippen LogP contribution in [0.5, 0.6) is 0 Å². The maximum absolute atomic E-state index is 13.6. The van der Waals surface area contributed by atoms with Crippen molar-refractivity contribution in [2.75, 3.05) is 41.5 Å². The Morgan fingerprint density at radius 2 is 1.63 bits per heavy atom. The second-order valence-electron chi connectivity index (χ2n) is 10.9. The van der Waals surface area contributed by atoms with Crippen molar-refractivity contribution in [2.45, 2.75) is 42.4 Å². The number of nitrogen functional groups attached to an aromatic ring is 1. The van der Waals surface area contributed by atoms with Gasteiger partial charge in [-0.2, -0.15) is 8.42 Å². The zero-order valence-electron chi connectivity index (χ0n) is 27.2. The number of sulfonamides is 1. The lowest BCUT2D eigenvalue weighted by molar-refractivity contribution is -0.432. The first-order valence-corrected chi connectivity index (χ1v) is 19.0. The SMILES string of the molecule is CCN(CC)c1ccc2c(-c3ccc(S(=O)(=O)Nc4cccc(N)c4S(=O)(=O)O)cc3SOOO)c3ccc(=[N+](CC)CC)cc-3oc2c1. The summed E-state index contributed by atoms with van der Waals surface area (Å²) < 4.78 is 76.8. The molecule has 2 aliphatic rings. The molecule has 0 radical (unpaired) electrons. The second-order valence-corrected chi connectivity index (χ2v) is 14.7. The lowest BCUT2D eigenvalue weighted by Crippen LogP contribution is -2.29. The molecule has 0 atom stereocenters. The second kappa shape index (κ2) is 14.8. The molecule has 1 heterocycles. The molecule has 16 heteroatoms. The summed E-state index contributed by atoms with van der Waals surface area (Å²) in [5.74, 6) is 0.594. The molecule has 0 bridgehead atoms. The number of hydrogen-bond donors (Lipinski definition) is 4. The molecule has 49 heavy (non-hydrogen) atoms. The zero-order chi connectivity index (χ0) is 35.5. The van der Waals surface area contributed by atoms with Crippen LogP contribution in [-0.4, -0.2) is 52.8 Å². The average Bonchev–Trinajstić information content (AvgIpc) is 3.06. The van der Waals surface area contributed by atoms with E-state index in [1.807, 2.05) is 36.4 Å². The Morgan fingerprint density at radius 1 is 0.918 bits per heavy atom. The highest BCUT2D eigenvalue weighted by atomic mass is 32.2. The van der Waals surface area contributed by atoms with Gasteiger partial charge >= 0.3 is 0 Å². The van der Waals surface area contributed by atoms with E-state index in [0.717, 1.165) is 54.2 Å². The highest BCUT2D eigenvalue weighted by Crippen LogP contribution is 2.45. The molecule has 0 aromatic heterocycles. The van der Waals surface area contributed by atoms with Gasteiger partial charge in [0.25, 0.3) is 20.1 Å². The molecule has 0 unspecified atom stereocenters. The summed E-state index contributed by atoms with van der Waals surface area (Å²) in [5.41, 5.74) is 8.51. The summed E-state index contributed by atoms with van der Waals surface area (Å²) in [6.07, 6.45) is 0. The van der Waals surface area contributed by atoms with Crippen molar-refractivity contribution in [1.29, 1.82) is 0 Å². The monoisotopic (exact) mass is 729 g/mol. The van der Waals surface area contributed by atoms with Gasteiger partial charge in [0.05, 0.1) is 34.4 Å². The van der Waals surface area contributed by atoms with Crippen LogP contribution in [0.15, 0.2) is 91.9 Å². The summed E-state index contributed by atoms with van der Waals surface area (Å²) in [7, 11) is -9.35. The summed E-state index contributed by atoms with van der Waals surface area (Å²) >= 11 is 0.569. The number of anilines is 3. The molecule has 13 nitrogen and oxygen atoms in total. The van der Waals surface area contributed by atoms with Gasteiger partial charge in [-0.05, 0) is 75.7 Å². The predicted molar refractivity (Wildman–Crippen MR) is 190 cm³/mol. The van der Waals surface area contributed by atoms with E-state index >= 15 is 0 Å². The van der Waals surface area contributed by atoms with Gasteiger partial charge in [0.2, 0.25) is 5.36 Å². The van der Waals surface area contributed by atoms with E-state index in [2.05, 4.69) is 46.9 Å². The molecular formula is C33H37N4O9S3+. The van der Waals surface area contributed by atoms with Crippen LogP contribution in [0.1, 0.15) is 27.7 Å². The molecule has 1 aliphatic carbocycles. The van der Waals surface area contributed by atoms with Gasteiger partial charge in [0, 0.05) is 52.3 Å². The molecule has 1 aliphatic heterocycles. The quantitative estimate of drug-likeness (QED) is 0.0214. The number of benzene rings is 4. The minimum Gasteiger partial charge on any atom is -0.456 e. The third-order valence-electron chi connectivity index (χ3n) is 8.18. The molecule has 5 rings (SSSR count). The first kappa shape index (κ1) is 36.1. The minimum absolute atomic E-state index is 0.231. The Labute approximate surface area is 288 Å². The van der Waals surface area contributed by atoms with Crippen LogP contribution >= 0.6 is 12.0 Å². The first-order valence-electron chi connectivity index (χ1n) is 15.4. The molecule has 3 aromatic carbocycles. The van der Waals surface area contributed by atoms with Gasteiger partial charge < -0.3 is 15.1 Å². The summed E-state index contributed by atoms with van der Waals surface area (Å²) in [4.78, 5) is 1.36. The smallest absolute Gasteiger partial charge is 0.298 e. The van der Waals surface area contributed by atoms with Crippen LogP contribution in [0.4, 0.5) is 17.1 Å². The van der Waals surface area contributed by atoms with Crippen molar-refractivity contribution >= 4 is 60.2 Å². The van der Waals surface area contributed by atoms with Crippen molar-refractivity contribution in [3.8, 4) is 22.5 Å². The normalized spacial score (nSPS) is 12.0. The maximum atomic E-state index is 13.6. The van der Waals surface area contributed by atoms with E-state index in [4.69, 9.17) is 19.7 Å².